The van der Waals surface area contributed by atoms with E-state index in [1.165, 1.54) is 15.0 Å². The molecular formula is C16H24N2S. The molecule has 0 bridgehead atoms. The van der Waals surface area contributed by atoms with E-state index in [9.17, 15) is 0 Å². The fraction of sp³-hybridized carbons (Fsp3) is 0.500. The summed E-state index contributed by atoms with van der Waals surface area (Å²) in [6.07, 6.45) is 0. The van der Waals surface area contributed by atoms with Gasteiger partial charge in [-0.2, -0.15) is 0 Å². The Hall–Kier alpha value is -0.900. The van der Waals surface area contributed by atoms with E-state index in [1.54, 1.807) is 0 Å². The van der Waals surface area contributed by atoms with E-state index in [4.69, 9.17) is 0 Å². The standard InChI is InChI=1S/C16H24N2S/c1-12(2)18(4)10-9-17-13(3)16-11-14-7-5-6-8-15(14)19-16/h5-8,11-13,17H,9-10H2,1-4H3. The van der Waals surface area contributed by atoms with Gasteiger partial charge in [-0.25, -0.2) is 0 Å². The first-order valence-corrected chi connectivity index (χ1v) is 7.81. The van der Waals surface area contributed by atoms with E-state index in [0.29, 0.717) is 12.1 Å². The van der Waals surface area contributed by atoms with Gasteiger partial charge in [0.25, 0.3) is 0 Å². The van der Waals surface area contributed by atoms with Crippen molar-refractivity contribution < 1.29 is 0 Å². The number of nitrogens with one attached hydrogen (secondary N) is 1. The second-order valence-electron chi connectivity index (χ2n) is 5.44. The molecule has 0 fully saturated rings. The lowest BCUT2D eigenvalue weighted by Gasteiger charge is -2.22. The number of fused-ring (bicyclic) bond motifs is 1. The molecule has 2 rings (SSSR count). The molecule has 0 aliphatic carbocycles. The third kappa shape index (κ3) is 3.78. The maximum Gasteiger partial charge on any atom is 0.0386 e. The molecule has 2 nitrogen and oxygen atoms in total. The Balaban J connectivity index is 1.91. The zero-order valence-electron chi connectivity index (χ0n) is 12.3. The van der Waals surface area contributed by atoms with Crippen LogP contribution in [0.2, 0.25) is 0 Å². The topological polar surface area (TPSA) is 15.3 Å². The van der Waals surface area contributed by atoms with Crippen molar-refractivity contribution in [1.29, 1.82) is 0 Å². The highest BCUT2D eigenvalue weighted by atomic mass is 32.1. The minimum absolute atomic E-state index is 0.429. The molecule has 1 aromatic heterocycles. The molecule has 1 N–H and O–H groups in total. The van der Waals surface area contributed by atoms with Crippen molar-refractivity contribution >= 4 is 21.4 Å². The van der Waals surface area contributed by atoms with Crippen LogP contribution in [0.25, 0.3) is 10.1 Å². The average Bonchev–Trinajstić information content (AvgIpc) is 2.82. The molecule has 0 radical (unpaired) electrons. The zero-order chi connectivity index (χ0) is 13.8. The molecule has 0 aliphatic heterocycles. The van der Waals surface area contributed by atoms with E-state index in [1.807, 2.05) is 11.3 Å². The molecule has 0 aliphatic rings. The summed E-state index contributed by atoms with van der Waals surface area (Å²) in [5.41, 5.74) is 0. The summed E-state index contributed by atoms with van der Waals surface area (Å²) in [5, 5.41) is 4.97. The first kappa shape index (κ1) is 14.5. The monoisotopic (exact) mass is 276 g/mol. The summed E-state index contributed by atoms with van der Waals surface area (Å²) >= 11 is 1.89. The van der Waals surface area contributed by atoms with Crippen molar-refractivity contribution in [2.75, 3.05) is 20.1 Å². The van der Waals surface area contributed by atoms with Gasteiger partial charge >= 0.3 is 0 Å². The second-order valence-corrected chi connectivity index (χ2v) is 6.55. The van der Waals surface area contributed by atoms with Gasteiger partial charge in [0.2, 0.25) is 0 Å². The minimum Gasteiger partial charge on any atom is -0.308 e. The first-order valence-electron chi connectivity index (χ1n) is 7.00. The van der Waals surface area contributed by atoms with Crippen LogP contribution in [0.15, 0.2) is 30.3 Å². The number of benzene rings is 1. The number of likely N-dealkylation sites (N-methyl/N-ethyl adjacent to an activating group) is 1. The third-order valence-electron chi connectivity index (χ3n) is 3.67. The quantitative estimate of drug-likeness (QED) is 0.861. The van der Waals surface area contributed by atoms with Gasteiger partial charge < -0.3 is 10.2 Å². The molecule has 2 aromatic rings. The van der Waals surface area contributed by atoms with E-state index in [2.05, 4.69) is 68.4 Å². The number of nitrogens with zero attached hydrogens (tertiary/aromatic N) is 1. The highest BCUT2D eigenvalue weighted by Gasteiger charge is 2.09. The highest BCUT2D eigenvalue weighted by Crippen LogP contribution is 2.29. The third-order valence-corrected chi connectivity index (χ3v) is 4.97. The van der Waals surface area contributed by atoms with Crippen LogP contribution in [0.3, 0.4) is 0 Å². The molecule has 1 unspecified atom stereocenters. The van der Waals surface area contributed by atoms with Gasteiger partial charge in [-0.15, -0.1) is 11.3 Å². The van der Waals surface area contributed by atoms with Crippen LogP contribution >= 0.6 is 11.3 Å². The van der Waals surface area contributed by atoms with Gasteiger partial charge in [0.15, 0.2) is 0 Å². The Bertz CT molecular complexity index is 485. The molecule has 0 saturated heterocycles. The maximum atomic E-state index is 3.61. The number of rotatable bonds is 6. The van der Waals surface area contributed by atoms with Crippen molar-refractivity contribution in [2.24, 2.45) is 0 Å². The van der Waals surface area contributed by atoms with Crippen LogP contribution in [0, 0.1) is 0 Å². The van der Waals surface area contributed by atoms with E-state index in [-0.39, 0.29) is 0 Å². The Labute approximate surface area is 120 Å². The van der Waals surface area contributed by atoms with Crippen molar-refractivity contribution in [3.63, 3.8) is 0 Å². The summed E-state index contributed by atoms with van der Waals surface area (Å²) in [5.74, 6) is 0. The molecule has 0 spiro atoms. The average molecular weight is 276 g/mol. The number of hydrogen-bond donors (Lipinski definition) is 1. The van der Waals surface area contributed by atoms with Gasteiger partial charge in [-0.1, -0.05) is 18.2 Å². The molecule has 104 valence electrons. The summed E-state index contributed by atoms with van der Waals surface area (Å²) < 4.78 is 1.38. The molecule has 1 atom stereocenters. The molecule has 1 heterocycles. The van der Waals surface area contributed by atoms with Gasteiger partial charge in [-0.3, -0.25) is 0 Å². The Morgan fingerprint density at radius 3 is 2.63 bits per heavy atom. The molecule has 1 aromatic carbocycles. The predicted molar refractivity (Wildman–Crippen MR) is 86.0 cm³/mol. The minimum atomic E-state index is 0.429. The fourth-order valence-corrected chi connectivity index (χ4v) is 3.12. The van der Waals surface area contributed by atoms with Crippen LogP contribution in [0.1, 0.15) is 31.7 Å². The molecular weight excluding hydrogens is 252 g/mol. The summed E-state index contributed by atoms with van der Waals surface area (Å²) in [6, 6.07) is 12.0. The summed E-state index contributed by atoms with van der Waals surface area (Å²) in [4.78, 5) is 3.79. The normalized spacial score (nSPS) is 13.6. The smallest absolute Gasteiger partial charge is 0.0386 e. The molecule has 3 heteroatoms. The first-order chi connectivity index (χ1) is 9.08. The SMILES string of the molecule is CC(NCCN(C)C(C)C)c1cc2ccccc2s1. The van der Waals surface area contributed by atoms with Crippen molar-refractivity contribution in [1.82, 2.24) is 10.2 Å². The van der Waals surface area contributed by atoms with Crippen molar-refractivity contribution in [2.45, 2.75) is 32.9 Å². The van der Waals surface area contributed by atoms with Crippen molar-refractivity contribution in [3.05, 3.63) is 35.2 Å². The number of hydrogen-bond acceptors (Lipinski definition) is 3. The Morgan fingerprint density at radius 2 is 1.95 bits per heavy atom. The second kappa shape index (κ2) is 6.51. The Morgan fingerprint density at radius 1 is 1.21 bits per heavy atom. The summed E-state index contributed by atoms with van der Waals surface area (Å²) in [7, 11) is 2.18. The van der Waals surface area contributed by atoms with Crippen LogP contribution in [-0.2, 0) is 0 Å². The summed E-state index contributed by atoms with van der Waals surface area (Å²) in [6.45, 7) is 8.84. The van der Waals surface area contributed by atoms with Crippen LogP contribution in [0.5, 0.6) is 0 Å². The fourth-order valence-electron chi connectivity index (χ4n) is 2.03. The van der Waals surface area contributed by atoms with E-state index >= 15 is 0 Å². The van der Waals surface area contributed by atoms with Crippen molar-refractivity contribution in [3.8, 4) is 0 Å². The van der Waals surface area contributed by atoms with Crippen LogP contribution in [-0.4, -0.2) is 31.1 Å². The zero-order valence-corrected chi connectivity index (χ0v) is 13.1. The van der Waals surface area contributed by atoms with Crippen LogP contribution in [0.4, 0.5) is 0 Å². The molecule has 0 amide bonds. The lowest BCUT2D eigenvalue weighted by molar-refractivity contribution is 0.270. The highest BCUT2D eigenvalue weighted by molar-refractivity contribution is 7.19. The van der Waals surface area contributed by atoms with Crippen LogP contribution < -0.4 is 5.32 Å². The largest absolute Gasteiger partial charge is 0.308 e. The van der Waals surface area contributed by atoms with Gasteiger partial charge in [0.1, 0.15) is 0 Å². The maximum absolute atomic E-state index is 3.61. The van der Waals surface area contributed by atoms with Gasteiger partial charge in [0.05, 0.1) is 0 Å². The lowest BCUT2D eigenvalue weighted by atomic mass is 10.2. The predicted octanol–water partition coefficient (Wildman–Crippen LogP) is 3.89. The Kier molecular flexibility index (Phi) is 4.97. The van der Waals surface area contributed by atoms with E-state index < -0.39 is 0 Å². The number of thiophene rings is 1. The van der Waals surface area contributed by atoms with Gasteiger partial charge in [0, 0.05) is 34.8 Å². The molecule has 19 heavy (non-hydrogen) atoms. The lowest BCUT2D eigenvalue weighted by Crippen LogP contribution is -2.34. The molecule has 0 saturated carbocycles. The van der Waals surface area contributed by atoms with Gasteiger partial charge in [-0.05, 0) is 45.3 Å². The van der Waals surface area contributed by atoms with E-state index in [0.717, 1.165) is 13.1 Å².